The van der Waals surface area contributed by atoms with Gasteiger partial charge >= 0.3 is 0 Å². The Morgan fingerprint density at radius 1 is 1.19 bits per heavy atom. The summed E-state index contributed by atoms with van der Waals surface area (Å²) in [5, 5.41) is 3.35. The van der Waals surface area contributed by atoms with Gasteiger partial charge in [-0.1, -0.05) is 0 Å². The maximum absolute atomic E-state index is 5.62. The number of hydrogen-bond donors (Lipinski definition) is 1. The summed E-state index contributed by atoms with van der Waals surface area (Å²) in [7, 11) is 0. The molecule has 3 rings (SSSR count). The summed E-state index contributed by atoms with van der Waals surface area (Å²) in [6, 6.07) is 8.18. The van der Waals surface area contributed by atoms with Crippen LogP contribution in [-0.4, -0.2) is 31.3 Å². The number of rotatable bonds is 4. The number of ether oxygens (including phenoxy) is 1. The van der Waals surface area contributed by atoms with E-state index in [0.29, 0.717) is 0 Å². The zero-order valence-corrected chi connectivity index (χ0v) is 12.5. The van der Waals surface area contributed by atoms with Crippen molar-refractivity contribution < 1.29 is 9.15 Å². The average molecular weight is 287 g/mol. The Morgan fingerprint density at radius 3 is 2.62 bits per heavy atom. The molecular formula is C16H21N3O2. The number of hydrogen-bond acceptors (Lipinski definition) is 5. The minimum absolute atomic E-state index is 0.0976. The Balaban J connectivity index is 1.63. The van der Waals surface area contributed by atoms with Gasteiger partial charge in [-0.05, 0) is 38.1 Å². The molecule has 1 aliphatic heterocycles. The summed E-state index contributed by atoms with van der Waals surface area (Å²) in [5.74, 6) is 2.70. The van der Waals surface area contributed by atoms with E-state index in [4.69, 9.17) is 9.15 Å². The molecule has 1 fully saturated rings. The number of nitrogens with one attached hydrogen (secondary N) is 1. The summed E-state index contributed by atoms with van der Waals surface area (Å²) >= 11 is 0. The van der Waals surface area contributed by atoms with E-state index in [1.165, 1.54) is 0 Å². The molecule has 2 aromatic heterocycles. The predicted molar refractivity (Wildman–Crippen MR) is 82.8 cm³/mol. The number of aromatic nitrogens is 1. The van der Waals surface area contributed by atoms with Crippen LogP contribution in [0.25, 0.3) is 0 Å². The van der Waals surface area contributed by atoms with Gasteiger partial charge in [0.05, 0.1) is 31.1 Å². The Bertz CT molecular complexity index is 573. The molecule has 0 aliphatic carbocycles. The highest BCUT2D eigenvalue weighted by molar-refractivity contribution is 5.50. The van der Waals surface area contributed by atoms with Gasteiger partial charge in [0, 0.05) is 13.1 Å². The maximum Gasteiger partial charge on any atom is 0.126 e. The fraction of sp³-hybridized carbons (Fsp3) is 0.438. The highest BCUT2D eigenvalue weighted by atomic mass is 16.5. The van der Waals surface area contributed by atoms with Crippen LogP contribution in [0.5, 0.6) is 0 Å². The van der Waals surface area contributed by atoms with E-state index in [2.05, 4.69) is 28.2 Å². The maximum atomic E-state index is 5.62. The molecule has 0 bridgehead atoms. The highest BCUT2D eigenvalue weighted by Gasteiger charge is 2.13. The standard InChI is InChI=1S/C16H21N3O2/c1-12-3-5-15(21-12)13(2)18-16-6-4-14(11-17-16)19-7-9-20-10-8-19/h3-6,11,13H,7-10H2,1-2H3,(H,17,18)/t13-/m0/s1. The third kappa shape index (κ3) is 3.36. The molecule has 112 valence electrons. The van der Waals surface area contributed by atoms with Crippen LogP contribution in [0.1, 0.15) is 24.5 Å². The van der Waals surface area contributed by atoms with E-state index >= 15 is 0 Å². The van der Waals surface area contributed by atoms with Crippen LogP contribution < -0.4 is 10.2 Å². The van der Waals surface area contributed by atoms with Crippen molar-refractivity contribution in [3.8, 4) is 0 Å². The average Bonchev–Trinajstić information content (AvgIpc) is 2.96. The number of morpholine rings is 1. The molecule has 1 N–H and O–H groups in total. The van der Waals surface area contributed by atoms with Crippen molar-refractivity contribution in [2.45, 2.75) is 19.9 Å². The summed E-state index contributed by atoms with van der Waals surface area (Å²) < 4.78 is 11.0. The number of nitrogens with zero attached hydrogens (tertiary/aromatic N) is 2. The first-order valence-electron chi connectivity index (χ1n) is 7.34. The van der Waals surface area contributed by atoms with Gasteiger partial charge in [0.25, 0.3) is 0 Å². The molecule has 0 amide bonds. The second-order valence-electron chi connectivity index (χ2n) is 5.32. The predicted octanol–water partition coefficient (Wildman–Crippen LogP) is 2.99. The zero-order valence-electron chi connectivity index (χ0n) is 12.5. The van der Waals surface area contributed by atoms with Crippen molar-refractivity contribution in [2.24, 2.45) is 0 Å². The van der Waals surface area contributed by atoms with Crippen LogP contribution in [0.4, 0.5) is 11.5 Å². The fourth-order valence-electron chi connectivity index (χ4n) is 2.46. The monoisotopic (exact) mass is 287 g/mol. The Hall–Kier alpha value is -2.01. The third-order valence-corrected chi connectivity index (χ3v) is 3.68. The lowest BCUT2D eigenvalue weighted by Gasteiger charge is -2.28. The summed E-state index contributed by atoms with van der Waals surface area (Å²) in [5.41, 5.74) is 1.14. The number of anilines is 2. The highest BCUT2D eigenvalue weighted by Crippen LogP contribution is 2.22. The fourth-order valence-corrected chi connectivity index (χ4v) is 2.46. The first-order valence-corrected chi connectivity index (χ1v) is 7.34. The minimum Gasteiger partial charge on any atom is -0.464 e. The van der Waals surface area contributed by atoms with Crippen molar-refractivity contribution in [3.05, 3.63) is 42.0 Å². The molecule has 0 spiro atoms. The lowest BCUT2D eigenvalue weighted by atomic mass is 10.2. The summed E-state index contributed by atoms with van der Waals surface area (Å²) in [4.78, 5) is 6.78. The molecule has 1 aliphatic rings. The smallest absolute Gasteiger partial charge is 0.126 e. The van der Waals surface area contributed by atoms with E-state index < -0.39 is 0 Å². The second kappa shape index (κ2) is 6.18. The molecule has 0 unspecified atom stereocenters. The molecule has 2 aromatic rings. The summed E-state index contributed by atoms with van der Waals surface area (Å²) in [6.07, 6.45) is 1.91. The van der Waals surface area contributed by atoms with Crippen molar-refractivity contribution in [2.75, 3.05) is 36.5 Å². The Labute approximate surface area is 124 Å². The van der Waals surface area contributed by atoms with Crippen LogP contribution >= 0.6 is 0 Å². The van der Waals surface area contributed by atoms with Crippen molar-refractivity contribution in [1.82, 2.24) is 4.98 Å². The molecule has 1 atom stereocenters. The van der Waals surface area contributed by atoms with Gasteiger partial charge in [0.2, 0.25) is 0 Å². The van der Waals surface area contributed by atoms with Gasteiger partial charge in [0.1, 0.15) is 17.3 Å². The quantitative estimate of drug-likeness (QED) is 0.937. The SMILES string of the molecule is Cc1ccc([C@H](C)Nc2ccc(N3CCOCC3)cn2)o1. The van der Waals surface area contributed by atoms with Crippen molar-refractivity contribution in [1.29, 1.82) is 0 Å². The van der Waals surface area contributed by atoms with Crippen LogP contribution in [0.15, 0.2) is 34.9 Å². The lowest BCUT2D eigenvalue weighted by Crippen LogP contribution is -2.36. The molecule has 0 aromatic carbocycles. The van der Waals surface area contributed by atoms with E-state index in [1.54, 1.807) is 0 Å². The molecule has 5 heteroatoms. The molecule has 21 heavy (non-hydrogen) atoms. The van der Waals surface area contributed by atoms with Gasteiger partial charge in [-0.15, -0.1) is 0 Å². The lowest BCUT2D eigenvalue weighted by molar-refractivity contribution is 0.122. The number of aryl methyl sites for hydroxylation is 1. The molecular weight excluding hydrogens is 266 g/mol. The van der Waals surface area contributed by atoms with Gasteiger partial charge in [-0.2, -0.15) is 0 Å². The molecule has 0 saturated carbocycles. The Kier molecular flexibility index (Phi) is 4.10. The Morgan fingerprint density at radius 2 is 2.00 bits per heavy atom. The summed E-state index contributed by atoms with van der Waals surface area (Å²) in [6.45, 7) is 7.44. The van der Waals surface area contributed by atoms with E-state index in [9.17, 15) is 0 Å². The minimum atomic E-state index is 0.0976. The van der Waals surface area contributed by atoms with E-state index in [1.807, 2.05) is 31.3 Å². The van der Waals surface area contributed by atoms with Gasteiger partial charge < -0.3 is 19.4 Å². The molecule has 0 radical (unpaired) electrons. The van der Waals surface area contributed by atoms with Crippen LogP contribution in [-0.2, 0) is 4.74 Å². The normalized spacial score (nSPS) is 16.8. The van der Waals surface area contributed by atoms with Gasteiger partial charge in [-0.3, -0.25) is 0 Å². The topological polar surface area (TPSA) is 50.5 Å². The zero-order chi connectivity index (χ0) is 14.7. The van der Waals surface area contributed by atoms with E-state index in [0.717, 1.165) is 49.3 Å². The second-order valence-corrected chi connectivity index (χ2v) is 5.32. The van der Waals surface area contributed by atoms with Crippen molar-refractivity contribution in [3.63, 3.8) is 0 Å². The number of furan rings is 1. The first-order chi connectivity index (χ1) is 10.2. The van der Waals surface area contributed by atoms with Crippen LogP contribution in [0.3, 0.4) is 0 Å². The molecule has 3 heterocycles. The van der Waals surface area contributed by atoms with Crippen LogP contribution in [0, 0.1) is 6.92 Å². The van der Waals surface area contributed by atoms with Crippen molar-refractivity contribution >= 4 is 11.5 Å². The molecule has 1 saturated heterocycles. The number of pyridine rings is 1. The first kappa shape index (κ1) is 13.9. The van der Waals surface area contributed by atoms with Gasteiger partial charge in [-0.25, -0.2) is 4.98 Å². The third-order valence-electron chi connectivity index (χ3n) is 3.68. The largest absolute Gasteiger partial charge is 0.464 e. The van der Waals surface area contributed by atoms with Crippen LogP contribution in [0.2, 0.25) is 0 Å². The molecule has 5 nitrogen and oxygen atoms in total. The van der Waals surface area contributed by atoms with E-state index in [-0.39, 0.29) is 6.04 Å². The van der Waals surface area contributed by atoms with Gasteiger partial charge in [0.15, 0.2) is 0 Å².